The zero-order chi connectivity index (χ0) is 16.0. The molecule has 0 aromatic carbocycles. The molecule has 0 saturated heterocycles. The molecule has 0 unspecified atom stereocenters. The summed E-state index contributed by atoms with van der Waals surface area (Å²) in [5.41, 5.74) is 0.551. The first-order valence-corrected chi connectivity index (χ1v) is 8.87. The maximum Gasteiger partial charge on any atom is 0.403 e. The van der Waals surface area contributed by atoms with Gasteiger partial charge in [0.05, 0.1) is 6.61 Å². The third-order valence-corrected chi connectivity index (χ3v) is 4.00. The fraction of sp³-hybridized carbons (Fsp3) is 0.684. The fourth-order valence-corrected chi connectivity index (χ4v) is 2.58. The Balaban J connectivity index is 0.00000484. The number of allylic oxidation sites excluding steroid dienone is 2. The maximum atomic E-state index is 11.9. The second-order valence-corrected chi connectivity index (χ2v) is 6.02. The molecule has 1 aliphatic heterocycles. The topological polar surface area (TPSA) is 29.3 Å². The molecule has 0 fully saturated rings. The lowest BCUT2D eigenvalue weighted by atomic mass is 10.1. The Morgan fingerprint density at radius 2 is 1.65 bits per heavy atom. The van der Waals surface area contributed by atoms with Gasteiger partial charge in [-0.05, 0) is 12.5 Å². The molecule has 0 aliphatic carbocycles. The van der Waals surface area contributed by atoms with Gasteiger partial charge in [-0.2, -0.15) is 4.58 Å². The summed E-state index contributed by atoms with van der Waals surface area (Å²) >= 11 is 0. The Labute approximate surface area is 147 Å². The van der Waals surface area contributed by atoms with Crippen LogP contribution in [-0.2, 0) is 9.53 Å². The molecule has 0 atom stereocenters. The number of carbonyl (C=O) groups is 1. The smallest absolute Gasteiger partial charge is 0.403 e. The predicted octanol–water partition coefficient (Wildman–Crippen LogP) is 1.62. The molecule has 0 aromatic rings. The SMILES string of the molecule is C=[N+]1CC=CC=C1C(=O)OCCCCCCCCCCCC.[Cl-]. The normalized spacial score (nSPS) is 13.4. The van der Waals surface area contributed by atoms with Crippen LogP contribution in [0.3, 0.4) is 0 Å². The molecule has 0 saturated carbocycles. The molecule has 4 heteroatoms. The van der Waals surface area contributed by atoms with Gasteiger partial charge in [-0.25, -0.2) is 4.79 Å². The van der Waals surface area contributed by atoms with E-state index >= 15 is 0 Å². The molecule has 1 heterocycles. The molecular formula is C19H32ClNO2. The summed E-state index contributed by atoms with van der Waals surface area (Å²) in [6, 6.07) is 0. The molecule has 0 amide bonds. The summed E-state index contributed by atoms with van der Waals surface area (Å²) in [5, 5.41) is 0. The molecule has 3 nitrogen and oxygen atoms in total. The average Bonchev–Trinajstić information content (AvgIpc) is 2.53. The van der Waals surface area contributed by atoms with Crippen molar-refractivity contribution < 1.29 is 26.5 Å². The molecule has 23 heavy (non-hydrogen) atoms. The number of ether oxygens (including phenoxy) is 1. The highest BCUT2D eigenvalue weighted by Crippen LogP contribution is 2.11. The molecule has 0 bridgehead atoms. The van der Waals surface area contributed by atoms with Crippen molar-refractivity contribution >= 4 is 12.7 Å². The zero-order valence-corrected chi connectivity index (χ0v) is 15.3. The first-order chi connectivity index (χ1) is 10.8. The minimum atomic E-state index is -0.254. The molecule has 1 rings (SSSR count). The maximum absolute atomic E-state index is 11.9. The van der Waals surface area contributed by atoms with E-state index in [0.29, 0.717) is 18.8 Å². The molecule has 0 N–H and O–H groups in total. The van der Waals surface area contributed by atoms with Gasteiger partial charge >= 0.3 is 5.97 Å². The molecular weight excluding hydrogens is 310 g/mol. The summed E-state index contributed by atoms with van der Waals surface area (Å²) in [4.78, 5) is 11.9. The summed E-state index contributed by atoms with van der Waals surface area (Å²) < 4.78 is 6.97. The number of hydrogen-bond donors (Lipinski definition) is 0. The van der Waals surface area contributed by atoms with E-state index in [1.54, 1.807) is 10.7 Å². The van der Waals surface area contributed by atoms with Crippen LogP contribution in [0.2, 0.25) is 0 Å². The van der Waals surface area contributed by atoms with E-state index in [-0.39, 0.29) is 18.4 Å². The highest BCUT2D eigenvalue weighted by Gasteiger charge is 2.22. The van der Waals surface area contributed by atoms with Crippen LogP contribution in [0.1, 0.15) is 71.1 Å². The number of hydrogen-bond acceptors (Lipinski definition) is 2. The predicted molar refractivity (Wildman–Crippen MR) is 92.3 cm³/mol. The number of halogens is 1. The van der Waals surface area contributed by atoms with Gasteiger partial charge < -0.3 is 17.1 Å². The lowest BCUT2D eigenvalue weighted by Gasteiger charge is -2.07. The third kappa shape index (κ3) is 10.3. The van der Waals surface area contributed by atoms with Crippen molar-refractivity contribution in [2.24, 2.45) is 0 Å². The number of carbonyl (C=O) groups excluding carboxylic acids is 1. The Kier molecular flexibility index (Phi) is 13.8. The van der Waals surface area contributed by atoms with Gasteiger partial charge in [0, 0.05) is 6.08 Å². The number of rotatable bonds is 12. The van der Waals surface area contributed by atoms with Gasteiger partial charge in [0.15, 0.2) is 6.54 Å². The Hall–Kier alpha value is -1.09. The van der Waals surface area contributed by atoms with Crippen LogP contribution in [-0.4, -0.2) is 30.4 Å². The van der Waals surface area contributed by atoms with Crippen molar-refractivity contribution in [3.05, 3.63) is 23.9 Å². The molecule has 0 radical (unpaired) electrons. The van der Waals surface area contributed by atoms with Gasteiger partial charge in [-0.15, -0.1) is 0 Å². The summed E-state index contributed by atoms with van der Waals surface area (Å²) in [6.45, 7) is 7.25. The molecule has 1 aliphatic rings. The van der Waals surface area contributed by atoms with Crippen LogP contribution in [0.4, 0.5) is 0 Å². The highest BCUT2D eigenvalue weighted by molar-refractivity contribution is 5.86. The van der Waals surface area contributed by atoms with E-state index in [1.165, 1.54) is 51.4 Å². The van der Waals surface area contributed by atoms with Crippen molar-refractivity contribution in [2.45, 2.75) is 71.1 Å². The van der Waals surface area contributed by atoms with Crippen LogP contribution in [0, 0.1) is 0 Å². The largest absolute Gasteiger partial charge is 1.00 e. The summed E-state index contributed by atoms with van der Waals surface area (Å²) in [7, 11) is 0. The zero-order valence-electron chi connectivity index (χ0n) is 14.6. The first kappa shape index (κ1) is 21.9. The van der Waals surface area contributed by atoms with Gasteiger partial charge in [0.1, 0.15) is 6.72 Å². The third-order valence-electron chi connectivity index (χ3n) is 4.00. The van der Waals surface area contributed by atoms with Crippen molar-refractivity contribution in [3.63, 3.8) is 0 Å². The number of nitrogens with zero attached hydrogens (tertiary/aromatic N) is 1. The van der Waals surface area contributed by atoms with Crippen LogP contribution in [0.15, 0.2) is 23.9 Å². The minimum absolute atomic E-state index is 0. The lowest BCUT2D eigenvalue weighted by molar-refractivity contribution is -0.454. The van der Waals surface area contributed by atoms with Crippen molar-refractivity contribution in [3.8, 4) is 0 Å². The fourth-order valence-electron chi connectivity index (χ4n) is 2.58. The van der Waals surface area contributed by atoms with Crippen molar-refractivity contribution in [1.82, 2.24) is 0 Å². The monoisotopic (exact) mass is 341 g/mol. The van der Waals surface area contributed by atoms with Gasteiger partial charge in [-0.1, -0.05) is 70.8 Å². The summed E-state index contributed by atoms with van der Waals surface area (Å²) in [5.74, 6) is -0.254. The van der Waals surface area contributed by atoms with Crippen molar-refractivity contribution in [1.29, 1.82) is 0 Å². The Bertz CT molecular complexity index is 402. The average molecular weight is 342 g/mol. The second kappa shape index (κ2) is 14.5. The van der Waals surface area contributed by atoms with E-state index in [9.17, 15) is 4.79 Å². The standard InChI is InChI=1S/C19H32NO2.ClH/c1-3-4-5-6-7-8-9-10-11-14-17-22-19(21)18-15-12-13-16-20(18)2;/h12-13,15H,2-11,14,16-17H2,1H3;1H/q+1;/p-1. The first-order valence-electron chi connectivity index (χ1n) is 8.87. The Morgan fingerprint density at radius 1 is 1.09 bits per heavy atom. The van der Waals surface area contributed by atoms with Crippen LogP contribution in [0.25, 0.3) is 0 Å². The quantitative estimate of drug-likeness (QED) is 0.307. The van der Waals surface area contributed by atoms with Crippen molar-refractivity contribution in [2.75, 3.05) is 13.2 Å². The van der Waals surface area contributed by atoms with Crippen LogP contribution in [0.5, 0.6) is 0 Å². The van der Waals surface area contributed by atoms with Gasteiger partial charge in [-0.3, -0.25) is 0 Å². The van der Waals surface area contributed by atoms with Gasteiger partial charge in [0.2, 0.25) is 0 Å². The highest BCUT2D eigenvalue weighted by atomic mass is 35.5. The molecule has 0 spiro atoms. The van der Waals surface area contributed by atoms with Crippen LogP contribution >= 0.6 is 0 Å². The number of esters is 1. The molecule has 132 valence electrons. The van der Waals surface area contributed by atoms with E-state index in [4.69, 9.17) is 4.74 Å². The van der Waals surface area contributed by atoms with E-state index in [0.717, 1.165) is 12.8 Å². The van der Waals surface area contributed by atoms with E-state index in [1.807, 2.05) is 12.2 Å². The Morgan fingerprint density at radius 3 is 2.22 bits per heavy atom. The minimum Gasteiger partial charge on any atom is -1.00 e. The summed E-state index contributed by atoms with van der Waals surface area (Å²) in [6.07, 6.45) is 18.5. The molecule has 0 aromatic heterocycles. The van der Waals surface area contributed by atoms with Crippen LogP contribution < -0.4 is 12.4 Å². The number of unbranched alkanes of at least 4 members (excludes halogenated alkanes) is 9. The van der Waals surface area contributed by atoms with Gasteiger partial charge in [0.25, 0.3) is 5.70 Å². The van der Waals surface area contributed by atoms with E-state index < -0.39 is 0 Å². The second-order valence-electron chi connectivity index (χ2n) is 6.02. The van der Waals surface area contributed by atoms with E-state index in [2.05, 4.69) is 13.6 Å². The lowest BCUT2D eigenvalue weighted by Crippen LogP contribution is -3.00.